The minimum atomic E-state index is -3.47. The van der Waals surface area contributed by atoms with E-state index in [1.165, 1.54) is 6.07 Å². The molecule has 0 fully saturated rings. The van der Waals surface area contributed by atoms with Crippen molar-refractivity contribution in [3.8, 4) is 0 Å². The molecule has 0 aliphatic heterocycles. The monoisotopic (exact) mass is 285 g/mol. The number of hydrogen-bond donors (Lipinski definition) is 2. The standard InChI is InChI=1S/C13H23N3O2S/c1-4-16(5-2)7-6-15-19(17,18)13-9-11(3)8-12(14)10-13/h8-10,15H,4-7,14H2,1-3H3. The van der Waals surface area contributed by atoms with Crippen molar-refractivity contribution in [3.63, 3.8) is 0 Å². The summed E-state index contributed by atoms with van der Waals surface area (Å²) in [5.41, 5.74) is 6.97. The van der Waals surface area contributed by atoms with Gasteiger partial charge in [0.15, 0.2) is 0 Å². The first-order chi connectivity index (χ1) is 8.89. The Bertz CT molecular complexity index is 490. The normalized spacial score (nSPS) is 12.0. The number of aryl methyl sites for hydroxylation is 1. The van der Waals surface area contributed by atoms with Crippen LogP contribution in [0.4, 0.5) is 5.69 Å². The Balaban J connectivity index is 2.71. The van der Waals surface area contributed by atoms with Crippen molar-refractivity contribution in [3.05, 3.63) is 23.8 Å². The first kappa shape index (κ1) is 15.9. The average Bonchev–Trinajstić information content (AvgIpc) is 2.33. The van der Waals surface area contributed by atoms with E-state index in [1.54, 1.807) is 12.1 Å². The summed E-state index contributed by atoms with van der Waals surface area (Å²) in [5, 5.41) is 0. The van der Waals surface area contributed by atoms with Crippen LogP contribution < -0.4 is 10.5 Å². The maximum atomic E-state index is 12.1. The third-order valence-electron chi connectivity index (χ3n) is 3.00. The summed E-state index contributed by atoms with van der Waals surface area (Å²) in [4.78, 5) is 2.39. The summed E-state index contributed by atoms with van der Waals surface area (Å²) in [6, 6.07) is 4.85. The van der Waals surface area contributed by atoms with E-state index < -0.39 is 10.0 Å². The fraction of sp³-hybridized carbons (Fsp3) is 0.538. The number of anilines is 1. The highest BCUT2D eigenvalue weighted by molar-refractivity contribution is 7.89. The Morgan fingerprint density at radius 3 is 2.37 bits per heavy atom. The van der Waals surface area contributed by atoms with Crippen LogP contribution in [-0.4, -0.2) is 39.5 Å². The van der Waals surface area contributed by atoms with Gasteiger partial charge in [-0.3, -0.25) is 0 Å². The number of nitrogens with one attached hydrogen (secondary N) is 1. The molecule has 19 heavy (non-hydrogen) atoms. The van der Waals surface area contributed by atoms with Gasteiger partial charge in [-0.25, -0.2) is 13.1 Å². The van der Waals surface area contributed by atoms with E-state index in [9.17, 15) is 8.42 Å². The topological polar surface area (TPSA) is 75.4 Å². The van der Waals surface area contributed by atoms with Gasteiger partial charge in [-0.15, -0.1) is 0 Å². The second-order valence-corrected chi connectivity index (χ2v) is 6.27. The van der Waals surface area contributed by atoms with Crippen molar-refractivity contribution in [2.24, 2.45) is 0 Å². The van der Waals surface area contributed by atoms with Crippen LogP contribution in [0, 0.1) is 6.92 Å². The summed E-state index contributed by atoms with van der Waals surface area (Å²) < 4.78 is 26.8. The lowest BCUT2D eigenvalue weighted by Crippen LogP contribution is -2.34. The predicted octanol–water partition coefficient (Wildman–Crippen LogP) is 1.20. The lowest BCUT2D eigenvalue weighted by molar-refractivity contribution is 0.309. The lowest BCUT2D eigenvalue weighted by Gasteiger charge is -2.18. The van der Waals surface area contributed by atoms with Crippen molar-refractivity contribution in [2.75, 3.05) is 31.9 Å². The van der Waals surface area contributed by atoms with E-state index in [0.29, 0.717) is 18.8 Å². The number of nitrogen functional groups attached to an aromatic ring is 1. The third kappa shape index (κ3) is 4.81. The quantitative estimate of drug-likeness (QED) is 0.738. The molecule has 0 spiro atoms. The lowest BCUT2D eigenvalue weighted by atomic mass is 10.2. The summed E-state index contributed by atoms with van der Waals surface area (Å²) >= 11 is 0. The number of nitrogens with zero attached hydrogens (tertiary/aromatic N) is 1. The van der Waals surface area contributed by atoms with Gasteiger partial charge in [-0.1, -0.05) is 13.8 Å². The molecule has 0 aromatic heterocycles. The molecular formula is C13H23N3O2S. The molecule has 0 unspecified atom stereocenters. The summed E-state index contributed by atoms with van der Waals surface area (Å²) in [5.74, 6) is 0. The van der Waals surface area contributed by atoms with E-state index in [1.807, 2.05) is 6.92 Å². The SMILES string of the molecule is CCN(CC)CCNS(=O)(=O)c1cc(C)cc(N)c1. The van der Waals surface area contributed by atoms with Crippen molar-refractivity contribution in [1.29, 1.82) is 0 Å². The van der Waals surface area contributed by atoms with Gasteiger partial charge in [0.2, 0.25) is 10.0 Å². The molecule has 5 nitrogen and oxygen atoms in total. The van der Waals surface area contributed by atoms with Crippen molar-refractivity contribution in [2.45, 2.75) is 25.7 Å². The van der Waals surface area contributed by atoms with Gasteiger partial charge in [0.25, 0.3) is 0 Å². The Kier molecular flexibility index (Phi) is 5.78. The van der Waals surface area contributed by atoms with Crippen LogP contribution >= 0.6 is 0 Å². The molecule has 0 bridgehead atoms. The van der Waals surface area contributed by atoms with Gasteiger partial charge in [-0.2, -0.15) is 0 Å². The Morgan fingerprint density at radius 1 is 1.21 bits per heavy atom. The minimum absolute atomic E-state index is 0.226. The molecule has 0 atom stereocenters. The maximum absolute atomic E-state index is 12.1. The zero-order chi connectivity index (χ0) is 14.5. The molecule has 1 aromatic carbocycles. The van der Waals surface area contributed by atoms with Crippen LogP contribution in [0.2, 0.25) is 0 Å². The average molecular weight is 285 g/mol. The molecule has 3 N–H and O–H groups in total. The van der Waals surface area contributed by atoms with Crippen LogP contribution in [0.15, 0.2) is 23.1 Å². The Labute approximate surface area is 115 Å². The number of likely N-dealkylation sites (N-methyl/N-ethyl adjacent to an activating group) is 1. The van der Waals surface area contributed by atoms with Crippen LogP contribution in [-0.2, 0) is 10.0 Å². The zero-order valence-corrected chi connectivity index (χ0v) is 12.6. The third-order valence-corrected chi connectivity index (χ3v) is 4.44. The fourth-order valence-electron chi connectivity index (χ4n) is 1.89. The van der Waals surface area contributed by atoms with E-state index in [2.05, 4.69) is 23.5 Å². The fourth-order valence-corrected chi connectivity index (χ4v) is 3.05. The Hall–Kier alpha value is -1.11. The van der Waals surface area contributed by atoms with Crippen molar-refractivity contribution in [1.82, 2.24) is 9.62 Å². The van der Waals surface area contributed by atoms with E-state index in [4.69, 9.17) is 5.73 Å². The molecule has 1 rings (SSSR count). The highest BCUT2D eigenvalue weighted by Crippen LogP contribution is 2.15. The molecule has 0 saturated heterocycles. The van der Waals surface area contributed by atoms with E-state index in [0.717, 1.165) is 18.7 Å². The number of rotatable bonds is 7. The van der Waals surface area contributed by atoms with Gasteiger partial charge in [0.1, 0.15) is 0 Å². The van der Waals surface area contributed by atoms with Crippen molar-refractivity contribution >= 4 is 15.7 Å². The highest BCUT2D eigenvalue weighted by atomic mass is 32.2. The van der Waals surface area contributed by atoms with Gasteiger partial charge in [-0.05, 0) is 43.8 Å². The summed E-state index contributed by atoms with van der Waals surface area (Å²) in [6.45, 7) is 8.86. The summed E-state index contributed by atoms with van der Waals surface area (Å²) in [6.07, 6.45) is 0. The van der Waals surface area contributed by atoms with Gasteiger partial charge in [0, 0.05) is 18.8 Å². The van der Waals surface area contributed by atoms with Crippen LogP contribution in [0.5, 0.6) is 0 Å². The molecule has 0 amide bonds. The van der Waals surface area contributed by atoms with Crippen LogP contribution in [0.3, 0.4) is 0 Å². The van der Waals surface area contributed by atoms with Crippen LogP contribution in [0.1, 0.15) is 19.4 Å². The maximum Gasteiger partial charge on any atom is 0.240 e. The van der Waals surface area contributed by atoms with Gasteiger partial charge >= 0.3 is 0 Å². The highest BCUT2D eigenvalue weighted by Gasteiger charge is 2.14. The van der Waals surface area contributed by atoms with E-state index in [-0.39, 0.29) is 4.90 Å². The Morgan fingerprint density at radius 2 is 1.84 bits per heavy atom. The van der Waals surface area contributed by atoms with E-state index >= 15 is 0 Å². The van der Waals surface area contributed by atoms with Crippen LogP contribution in [0.25, 0.3) is 0 Å². The number of benzene rings is 1. The second-order valence-electron chi connectivity index (χ2n) is 4.50. The van der Waals surface area contributed by atoms with Gasteiger partial charge < -0.3 is 10.6 Å². The first-order valence-corrected chi connectivity index (χ1v) is 7.96. The molecule has 1 aromatic rings. The number of nitrogens with two attached hydrogens (primary N) is 1. The molecule has 108 valence electrons. The zero-order valence-electron chi connectivity index (χ0n) is 11.8. The molecule has 0 radical (unpaired) electrons. The summed E-state index contributed by atoms with van der Waals surface area (Å²) in [7, 11) is -3.47. The minimum Gasteiger partial charge on any atom is -0.399 e. The van der Waals surface area contributed by atoms with Gasteiger partial charge in [0.05, 0.1) is 4.90 Å². The largest absolute Gasteiger partial charge is 0.399 e. The molecule has 0 aliphatic carbocycles. The molecule has 0 heterocycles. The smallest absolute Gasteiger partial charge is 0.240 e. The predicted molar refractivity (Wildman–Crippen MR) is 78.6 cm³/mol. The molecule has 0 saturated carbocycles. The van der Waals surface area contributed by atoms with Crippen molar-refractivity contribution < 1.29 is 8.42 Å². The second kappa shape index (κ2) is 6.88. The number of sulfonamides is 1. The molecule has 0 aliphatic rings. The number of hydrogen-bond acceptors (Lipinski definition) is 4. The molecular weight excluding hydrogens is 262 g/mol. The molecule has 6 heteroatoms. The first-order valence-electron chi connectivity index (χ1n) is 6.48.